The maximum absolute atomic E-state index is 11.0. The van der Waals surface area contributed by atoms with E-state index in [1.807, 2.05) is 0 Å². The van der Waals surface area contributed by atoms with Crippen LogP contribution in [0.4, 0.5) is 17.3 Å². The van der Waals surface area contributed by atoms with Gasteiger partial charge >= 0.3 is 5.69 Å². The van der Waals surface area contributed by atoms with Crippen LogP contribution in [0.25, 0.3) is 0 Å². The second-order valence-electron chi connectivity index (χ2n) is 3.48. The molecule has 0 saturated heterocycles. The zero-order valence-corrected chi connectivity index (χ0v) is 10.0. The zero-order valence-electron chi connectivity index (χ0n) is 10.0. The van der Waals surface area contributed by atoms with Crippen LogP contribution in [0.1, 0.15) is 13.8 Å². The van der Waals surface area contributed by atoms with Crippen molar-refractivity contribution in [3.05, 3.63) is 16.4 Å². The number of hydrogen-bond donors (Lipinski definition) is 3. The number of primary amides is 1. The first kappa shape index (κ1) is 13.6. The Morgan fingerprint density at radius 2 is 2.17 bits per heavy atom. The summed E-state index contributed by atoms with van der Waals surface area (Å²) in [6.45, 7) is 3.74. The van der Waals surface area contributed by atoms with Gasteiger partial charge in [-0.05, 0) is 13.8 Å². The quantitative estimate of drug-likeness (QED) is 0.483. The lowest BCUT2D eigenvalue weighted by Crippen LogP contribution is -2.33. The van der Waals surface area contributed by atoms with Gasteiger partial charge in [-0.25, -0.2) is 9.97 Å². The number of nitrogens with two attached hydrogens (primary N) is 1. The molecule has 98 valence electrons. The van der Waals surface area contributed by atoms with Crippen LogP contribution in [0.3, 0.4) is 0 Å². The van der Waals surface area contributed by atoms with Crippen LogP contribution in [0.2, 0.25) is 0 Å². The molecular formula is C9H14N6O3. The molecule has 0 saturated carbocycles. The van der Waals surface area contributed by atoms with E-state index in [1.165, 1.54) is 13.3 Å². The SMILES string of the molecule is CCNc1ncnc(NC(C)C(N)=O)c1[N+](=O)[O-]. The number of nitrogens with zero attached hydrogens (tertiary/aromatic N) is 3. The predicted octanol–water partition coefficient (Wildman–Crippen LogP) is 0.102. The van der Waals surface area contributed by atoms with Gasteiger partial charge in [0.1, 0.15) is 12.4 Å². The topological polar surface area (TPSA) is 136 Å². The summed E-state index contributed by atoms with van der Waals surface area (Å²) in [5.74, 6) is -0.582. The van der Waals surface area contributed by atoms with Gasteiger partial charge in [-0.15, -0.1) is 0 Å². The Kier molecular flexibility index (Phi) is 4.35. The van der Waals surface area contributed by atoms with Gasteiger partial charge in [-0.3, -0.25) is 14.9 Å². The van der Waals surface area contributed by atoms with Crippen molar-refractivity contribution in [3.63, 3.8) is 0 Å². The molecule has 0 fully saturated rings. The van der Waals surface area contributed by atoms with E-state index in [-0.39, 0.29) is 17.3 Å². The second-order valence-corrected chi connectivity index (χ2v) is 3.48. The fourth-order valence-corrected chi connectivity index (χ4v) is 1.23. The summed E-state index contributed by atoms with van der Waals surface area (Å²) >= 11 is 0. The van der Waals surface area contributed by atoms with Crippen LogP contribution in [0.5, 0.6) is 0 Å². The van der Waals surface area contributed by atoms with Gasteiger partial charge in [0, 0.05) is 6.54 Å². The number of rotatable bonds is 6. The van der Waals surface area contributed by atoms with E-state index >= 15 is 0 Å². The summed E-state index contributed by atoms with van der Waals surface area (Å²) in [7, 11) is 0. The predicted molar refractivity (Wildman–Crippen MR) is 65.1 cm³/mol. The third-order valence-electron chi connectivity index (χ3n) is 2.13. The lowest BCUT2D eigenvalue weighted by molar-refractivity contribution is -0.383. The summed E-state index contributed by atoms with van der Waals surface area (Å²) in [5, 5.41) is 16.3. The maximum atomic E-state index is 11.0. The minimum absolute atomic E-state index is 0.0442. The lowest BCUT2D eigenvalue weighted by atomic mass is 10.3. The van der Waals surface area contributed by atoms with Crippen molar-refractivity contribution in [1.29, 1.82) is 0 Å². The summed E-state index contributed by atoms with van der Waals surface area (Å²) in [4.78, 5) is 28.8. The van der Waals surface area contributed by atoms with Gasteiger partial charge < -0.3 is 16.4 Å². The second kappa shape index (κ2) is 5.75. The largest absolute Gasteiger partial charge is 0.368 e. The van der Waals surface area contributed by atoms with Crippen LogP contribution in [-0.2, 0) is 4.79 Å². The number of hydrogen-bond acceptors (Lipinski definition) is 7. The lowest BCUT2D eigenvalue weighted by Gasteiger charge is -2.12. The van der Waals surface area contributed by atoms with Crippen molar-refractivity contribution in [2.75, 3.05) is 17.2 Å². The number of carbonyl (C=O) groups is 1. The van der Waals surface area contributed by atoms with Crippen LogP contribution in [0, 0.1) is 10.1 Å². The Morgan fingerprint density at radius 1 is 1.56 bits per heavy atom. The molecular weight excluding hydrogens is 240 g/mol. The van der Waals surface area contributed by atoms with Crippen LogP contribution in [-0.4, -0.2) is 33.4 Å². The number of anilines is 2. The van der Waals surface area contributed by atoms with E-state index < -0.39 is 16.9 Å². The Balaban J connectivity index is 3.14. The van der Waals surface area contributed by atoms with Crippen LogP contribution >= 0.6 is 0 Å². The fraction of sp³-hybridized carbons (Fsp3) is 0.444. The molecule has 0 spiro atoms. The molecule has 9 heteroatoms. The average molecular weight is 254 g/mol. The highest BCUT2D eigenvalue weighted by molar-refractivity contribution is 5.83. The van der Waals surface area contributed by atoms with E-state index in [0.29, 0.717) is 6.54 Å². The number of nitro groups is 1. The molecule has 1 unspecified atom stereocenters. The summed E-state index contributed by atoms with van der Waals surface area (Å²) < 4.78 is 0. The van der Waals surface area contributed by atoms with Gasteiger partial charge in [-0.2, -0.15) is 0 Å². The Hall–Kier alpha value is -2.45. The number of nitrogens with one attached hydrogen (secondary N) is 2. The molecule has 0 radical (unpaired) electrons. The van der Waals surface area contributed by atoms with Crippen molar-refractivity contribution in [1.82, 2.24) is 9.97 Å². The normalized spacial score (nSPS) is 11.7. The van der Waals surface area contributed by atoms with Gasteiger partial charge in [-0.1, -0.05) is 0 Å². The molecule has 9 nitrogen and oxygen atoms in total. The monoisotopic (exact) mass is 254 g/mol. The number of aromatic nitrogens is 2. The van der Waals surface area contributed by atoms with Crippen molar-refractivity contribution in [3.8, 4) is 0 Å². The van der Waals surface area contributed by atoms with Crippen LogP contribution in [0.15, 0.2) is 6.33 Å². The highest BCUT2D eigenvalue weighted by Gasteiger charge is 2.24. The van der Waals surface area contributed by atoms with Gasteiger partial charge in [0.25, 0.3) is 0 Å². The standard InChI is InChI=1S/C9H14N6O3/c1-3-11-8-6(15(17)18)9(13-4-12-8)14-5(2)7(10)16/h4-5H,3H2,1-2H3,(H2,10,16)(H2,11,12,13,14). The first-order chi connectivity index (χ1) is 8.47. The summed E-state index contributed by atoms with van der Waals surface area (Å²) in [6.07, 6.45) is 1.17. The van der Waals surface area contributed by atoms with E-state index in [0.717, 1.165) is 0 Å². The molecule has 1 aromatic rings. The van der Waals surface area contributed by atoms with Crippen LogP contribution < -0.4 is 16.4 Å². The first-order valence-corrected chi connectivity index (χ1v) is 5.26. The molecule has 1 rings (SSSR count). The highest BCUT2D eigenvalue weighted by Crippen LogP contribution is 2.28. The molecule has 1 atom stereocenters. The van der Waals surface area contributed by atoms with E-state index in [9.17, 15) is 14.9 Å². The summed E-state index contributed by atoms with van der Waals surface area (Å²) in [6, 6.07) is -0.770. The molecule has 0 aliphatic rings. The van der Waals surface area contributed by atoms with Gasteiger partial charge in [0.2, 0.25) is 17.5 Å². The van der Waals surface area contributed by atoms with Gasteiger partial charge in [0.05, 0.1) is 4.92 Å². The maximum Gasteiger partial charge on any atom is 0.353 e. The molecule has 18 heavy (non-hydrogen) atoms. The van der Waals surface area contributed by atoms with Crippen molar-refractivity contribution in [2.45, 2.75) is 19.9 Å². The molecule has 1 amide bonds. The number of amides is 1. The molecule has 0 aliphatic carbocycles. The minimum Gasteiger partial charge on any atom is -0.368 e. The number of carbonyl (C=O) groups excluding carboxylic acids is 1. The van der Waals surface area contributed by atoms with Crippen molar-refractivity contribution < 1.29 is 9.72 Å². The molecule has 0 bridgehead atoms. The van der Waals surface area contributed by atoms with Gasteiger partial charge in [0.15, 0.2) is 0 Å². The Bertz CT molecular complexity index is 464. The molecule has 0 aliphatic heterocycles. The van der Waals surface area contributed by atoms with Crippen molar-refractivity contribution in [2.24, 2.45) is 5.73 Å². The first-order valence-electron chi connectivity index (χ1n) is 5.26. The zero-order chi connectivity index (χ0) is 13.7. The van der Waals surface area contributed by atoms with Crippen molar-refractivity contribution >= 4 is 23.2 Å². The van der Waals surface area contributed by atoms with E-state index in [4.69, 9.17) is 5.73 Å². The third-order valence-corrected chi connectivity index (χ3v) is 2.13. The molecule has 1 heterocycles. The molecule has 0 aromatic carbocycles. The highest BCUT2D eigenvalue weighted by atomic mass is 16.6. The average Bonchev–Trinajstić information content (AvgIpc) is 2.29. The summed E-state index contributed by atoms with van der Waals surface area (Å²) in [5.41, 5.74) is 4.76. The van der Waals surface area contributed by atoms with E-state index in [2.05, 4.69) is 20.6 Å². The fourth-order valence-electron chi connectivity index (χ4n) is 1.23. The smallest absolute Gasteiger partial charge is 0.353 e. The Labute approximate surface area is 103 Å². The minimum atomic E-state index is -0.770. The third kappa shape index (κ3) is 3.03. The molecule has 4 N–H and O–H groups in total. The molecule has 1 aromatic heterocycles. The van der Waals surface area contributed by atoms with E-state index in [1.54, 1.807) is 6.92 Å². The Morgan fingerprint density at radius 3 is 2.67 bits per heavy atom.